The number of hydrogen-bond acceptors (Lipinski definition) is 8. The number of dihydropyridines is 1. The van der Waals surface area contributed by atoms with E-state index in [1.165, 1.54) is 0 Å². The van der Waals surface area contributed by atoms with Gasteiger partial charge >= 0.3 is 5.97 Å². The molecular weight excluding hydrogens is 510 g/mol. The second-order valence-corrected chi connectivity index (χ2v) is 10.6. The molecule has 1 aliphatic heterocycles. The zero-order chi connectivity index (χ0) is 28.4. The molecule has 2 atom stereocenters. The number of nitrogens with one attached hydrogen (secondary N) is 1. The monoisotopic (exact) mass is 547 g/mol. The van der Waals surface area contributed by atoms with E-state index in [1.807, 2.05) is 43.3 Å². The van der Waals surface area contributed by atoms with Crippen molar-refractivity contribution in [3.05, 3.63) is 70.1 Å². The summed E-state index contributed by atoms with van der Waals surface area (Å²) in [5.74, 6) is 1.36. The average Bonchev–Trinajstić information content (AvgIpc) is 3.48. The molecule has 2 aromatic rings. The molecule has 8 nitrogen and oxygen atoms in total. The fraction of sp³-hybridized carbons (Fsp3) is 0.438. The van der Waals surface area contributed by atoms with Gasteiger partial charge in [0.15, 0.2) is 28.8 Å². The van der Waals surface area contributed by atoms with Gasteiger partial charge in [-0.1, -0.05) is 12.1 Å². The SMILES string of the molecule is COc1ccc([C@@H]2CC(=O)C3=C(C2)NC(C)=C(C(=O)OC2CCCC2)[C@H]3c2ccc(OC)c(OC)c2)cc1OC. The van der Waals surface area contributed by atoms with Gasteiger partial charge < -0.3 is 29.0 Å². The van der Waals surface area contributed by atoms with E-state index in [0.29, 0.717) is 52.7 Å². The maximum atomic E-state index is 14.0. The number of carbonyl (C=O) groups excluding carboxylic acids is 2. The minimum Gasteiger partial charge on any atom is -0.493 e. The molecule has 8 heteroatoms. The summed E-state index contributed by atoms with van der Waals surface area (Å²) in [4.78, 5) is 27.7. The van der Waals surface area contributed by atoms with Gasteiger partial charge in [-0.05, 0) is 80.3 Å². The predicted octanol–water partition coefficient (Wildman–Crippen LogP) is 5.57. The highest BCUT2D eigenvalue weighted by Gasteiger charge is 2.42. The number of benzene rings is 2. The third-order valence-electron chi connectivity index (χ3n) is 8.24. The highest BCUT2D eigenvalue weighted by Crippen LogP contribution is 2.48. The quantitative estimate of drug-likeness (QED) is 0.429. The topological polar surface area (TPSA) is 92.3 Å². The van der Waals surface area contributed by atoms with Crippen molar-refractivity contribution in [1.29, 1.82) is 0 Å². The molecule has 0 spiro atoms. The Balaban J connectivity index is 1.56. The Hall–Kier alpha value is -3.94. The minimum absolute atomic E-state index is 0.00742. The van der Waals surface area contributed by atoms with Crippen LogP contribution >= 0.6 is 0 Å². The molecule has 1 fully saturated rings. The lowest BCUT2D eigenvalue weighted by molar-refractivity contribution is -0.144. The Bertz CT molecular complexity index is 1370. The average molecular weight is 548 g/mol. The third-order valence-corrected chi connectivity index (χ3v) is 8.24. The molecule has 0 unspecified atom stereocenters. The van der Waals surface area contributed by atoms with E-state index in [0.717, 1.165) is 42.5 Å². The molecule has 2 aromatic carbocycles. The third kappa shape index (κ3) is 5.15. The first-order chi connectivity index (χ1) is 19.4. The first-order valence-corrected chi connectivity index (χ1v) is 13.8. The minimum atomic E-state index is -0.580. The Kier molecular flexibility index (Phi) is 8.05. The van der Waals surface area contributed by atoms with Crippen molar-refractivity contribution >= 4 is 11.8 Å². The van der Waals surface area contributed by atoms with Gasteiger partial charge in [-0.3, -0.25) is 4.79 Å². The summed E-state index contributed by atoms with van der Waals surface area (Å²) in [5.41, 5.74) is 4.37. The Labute approximate surface area is 235 Å². The largest absolute Gasteiger partial charge is 0.493 e. The lowest BCUT2D eigenvalue weighted by Gasteiger charge is -2.37. The summed E-state index contributed by atoms with van der Waals surface area (Å²) in [6.45, 7) is 1.88. The molecular formula is C32H37NO7. The van der Waals surface area contributed by atoms with Crippen LogP contribution in [0.25, 0.3) is 0 Å². The van der Waals surface area contributed by atoms with Gasteiger partial charge in [-0.2, -0.15) is 0 Å². The van der Waals surface area contributed by atoms with Crippen LogP contribution in [-0.4, -0.2) is 46.3 Å². The van der Waals surface area contributed by atoms with E-state index < -0.39 is 5.92 Å². The lowest BCUT2D eigenvalue weighted by Crippen LogP contribution is -2.36. The summed E-state index contributed by atoms with van der Waals surface area (Å²) in [7, 11) is 6.36. The summed E-state index contributed by atoms with van der Waals surface area (Å²) in [6.07, 6.45) is 4.67. The predicted molar refractivity (Wildman–Crippen MR) is 150 cm³/mol. The van der Waals surface area contributed by atoms with E-state index in [2.05, 4.69) is 5.32 Å². The summed E-state index contributed by atoms with van der Waals surface area (Å²) in [6, 6.07) is 11.3. The van der Waals surface area contributed by atoms with Crippen molar-refractivity contribution in [2.45, 2.75) is 63.4 Å². The van der Waals surface area contributed by atoms with Gasteiger partial charge in [0.1, 0.15) is 6.10 Å². The van der Waals surface area contributed by atoms with Crippen LogP contribution in [0.15, 0.2) is 58.9 Å². The second kappa shape index (κ2) is 11.7. The van der Waals surface area contributed by atoms with Crippen molar-refractivity contribution in [2.24, 2.45) is 0 Å². The van der Waals surface area contributed by atoms with Crippen LogP contribution in [0.4, 0.5) is 0 Å². The fourth-order valence-electron chi connectivity index (χ4n) is 6.24. The standard InChI is InChI=1S/C32H37NO7/c1-18-29(32(35)40-22-8-6-7-9-22)30(20-11-13-26(37-3)28(17-20)39-5)31-23(33-18)14-21(15-24(31)34)19-10-12-25(36-2)27(16-19)38-4/h10-13,16-17,21-22,30,33H,6-9,14-15H2,1-5H3/t21-,30+/m0/s1. The van der Waals surface area contributed by atoms with Crippen LogP contribution in [0.3, 0.4) is 0 Å². The van der Waals surface area contributed by atoms with Gasteiger partial charge in [-0.15, -0.1) is 0 Å². The molecule has 3 aliphatic rings. The molecule has 0 amide bonds. The van der Waals surface area contributed by atoms with Crippen molar-refractivity contribution in [1.82, 2.24) is 5.32 Å². The lowest BCUT2D eigenvalue weighted by atomic mass is 9.71. The molecule has 1 heterocycles. The maximum absolute atomic E-state index is 14.0. The Morgan fingerprint density at radius 3 is 1.98 bits per heavy atom. The maximum Gasteiger partial charge on any atom is 0.337 e. The highest BCUT2D eigenvalue weighted by atomic mass is 16.5. The second-order valence-electron chi connectivity index (χ2n) is 10.6. The number of rotatable bonds is 8. The number of Topliss-reactive ketones (excluding diaryl/α,β-unsaturated/α-hetero) is 1. The van der Waals surface area contributed by atoms with Crippen molar-refractivity contribution in [3.63, 3.8) is 0 Å². The van der Waals surface area contributed by atoms with E-state index in [1.54, 1.807) is 28.4 Å². The van der Waals surface area contributed by atoms with Gasteiger partial charge in [0.05, 0.1) is 34.0 Å². The Morgan fingerprint density at radius 2 is 1.38 bits per heavy atom. The number of esters is 1. The number of ketones is 1. The van der Waals surface area contributed by atoms with Gasteiger partial charge in [-0.25, -0.2) is 4.79 Å². The number of ether oxygens (including phenoxy) is 5. The molecule has 0 saturated heterocycles. The number of allylic oxidation sites excluding steroid dienone is 3. The fourth-order valence-corrected chi connectivity index (χ4v) is 6.24. The summed E-state index contributed by atoms with van der Waals surface area (Å²) in [5, 5.41) is 3.43. The van der Waals surface area contributed by atoms with Crippen molar-refractivity contribution in [3.8, 4) is 23.0 Å². The van der Waals surface area contributed by atoms with Gasteiger partial charge in [0.2, 0.25) is 0 Å². The summed E-state index contributed by atoms with van der Waals surface area (Å²) < 4.78 is 27.9. The molecule has 1 N–H and O–H groups in total. The number of methoxy groups -OCH3 is 4. The molecule has 2 aliphatic carbocycles. The highest BCUT2D eigenvalue weighted by molar-refractivity contribution is 6.04. The van der Waals surface area contributed by atoms with Crippen molar-refractivity contribution < 1.29 is 33.3 Å². The van der Waals surface area contributed by atoms with Crippen LogP contribution in [0.1, 0.15) is 68.4 Å². The van der Waals surface area contributed by atoms with Gasteiger partial charge in [0.25, 0.3) is 0 Å². The molecule has 5 rings (SSSR count). The van der Waals surface area contributed by atoms with E-state index in [9.17, 15) is 9.59 Å². The molecule has 1 saturated carbocycles. The first-order valence-electron chi connectivity index (χ1n) is 13.8. The van der Waals surface area contributed by atoms with E-state index in [-0.39, 0.29) is 23.8 Å². The summed E-state index contributed by atoms with van der Waals surface area (Å²) >= 11 is 0. The van der Waals surface area contributed by atoms with Crippen LogP contribution in [0, 0.1) is 0 Å². The van der Waals surface area contributed by atoms with Crippen LogP contribution in [0.5, 0.6) is 23.0 Å². The van der Waals surface area contributed by atoms with Crippen LogP contribution in [0.2, 0.25) is 0 Å². The zero-order valence-electron chi connectivity index (χ0n) is 23.8. The van der Waals surface area contributed by atoms with Crippen LogP contribution in [-0.2, 0) is 14.3 Å². The molecule has 0 radical (unpaired) electrons. The normalized spacial score (nSPS) is 21.1. The van der Waals surface area contributed by atoms with Crippen LogP contribution < -0.4 is 24.3 Å². The van der Waals surface area contributed by atoms with E-state index >= 15 is 0 Å². The van der Waals surface area contributed by atoms with Crippen molar-refractivity contribution in [2.75, 3.05) is 28.4 Å². The molecule has 212 valence electrons. The molecule has 40 heavy (non-hydrogen) atoms. The molecule has 0 aromatic heterocycles. The Morgan fingerprint density at radius 1 is 0.800 bits per heavy atom. The molecule has 0 bridgehead atoms. The van der Waals surface area contributed by atoms with Gasteiger partial charge in [0, 0.05) is 29.3 Å². The number of carbonyl (C=O) groups is 2. The van der Waals surface area contributed by atoms with E-state index in [4.69, 9.17) is 23.7 Å². The first kappa shape index (κ1) is 27.6. The smallest absolute Gasteiger partial charge is 0.337 e. The number of hydrogen-bond donors (Lipinski definition) is 1. The zero-order valence-corrected chi connectivity index (χ0v) is 23.8.